The molecule has 37 heavy (non-hydrogen) atoms. The van der Waals surface area contributed by atoms with Crippen molar-refractivity contribution in [2.24, 2.45) is 5.92 Å². The number of pyridine rings is 1. The van der Waals surface area contributed by atoms with Crippen LogP contribution in [0.1, 0.15) is 63.2 Å². The molecule has 1 aliphatic rings. The number of amides is 1. The first kappa shape index (κ1) is 26.3. The van der Waals surface area contributed by atoms with E-state index < -0.39 is 11.7 Å². The number of nitrogens with one attached hydrogen (secondary N) is 1. The number of fused-ring (bicyclic) bond motifs is 1. The highest BCUT2D eigenvalue weighted by Crippen LogP contribution is 2.31. The zero-order valence-corrected chi connectivity index (χ0v) is 21.9. The molecule has 0 unspecified atom stereocenters. The van der Waals surface area contributed by atoms with Crippen LogP contribution >= 0.6 is 0 Å². The van der Waals surface area contributed by atoms with E-state index in [4.69, 9.17) is 9.47 Å². The molecule has 1 amide bonds. The number of hydrogen-bond acceptors (Lipinski definition) is 9. The third-order valence-corrected chi connectivity index (χ3v) is 6.22. The fourth-order valence-corrected chi connectivity index (χ4v) is 4.48. The van der Waals surface area contributed by atoms with E-state index in [9.17, 15) is 14.7 Å². The Kier molecular flexibility index (Phi) is 7.63. The number of aliphatic hydroxyl groups excluding tert-OH is 1. The second kappa shape index (κ2) is 10.7. The van der Waals surface area contributed by atoms with E-state index >= 15 is 0 Å². The number of Topliss-reactive ketones (excluding diaryl/α,β-unsaturated/α-hetero) is 1. The normalized spacial score (nSPS) is 17.9. The molecule has 1 aliphatic carbocycles. The minimum absolute atomic E-state index is 0.107. The number of anilines is 3. The maximum Gasteiger partial charge on any atom is 0.415 e. The fraction of sp³-hybridized carbons (Fsp3) is 0.500. The van der Waals surface area contributed by atoms with E-state index in [0.29, 0.717) is 47.3 Å². The zero-order valence-electron chi connectivity index (χ0n) is 21.9. The number of aliphatic hydroxyl groups is 1. The number of ketones is 1. The Bertz CT molecular complexity index is 1280. The first-order valence-electron chi connectivity index (χ1n) is 12.4. The molecule has 3 heterocycles. The summed E-state index contributed by atoms with van der Waals surface area (Å²) in [6.45, 7) is 5.36. The van der Waals surface area contributed by atoms with Crippen LogP contribution in [0.4, 0.5) is 22.1 Å². The summed E-state index contributed by atoms with van der Waals surface area (Å²) in [6.07, 6.45) is 5.62. The van der Waals surface area contributed by atoms with Gasteiger partial charge in [-0.1, -0.05) is 6.42 Å². The third-order valence-electron chi connectivity index (χ3n) is 6.22. The van der Waals surface area contributed by atoms with Crippen LogP contribution in [0.2, 0.25) is 0 Å². The van der Waals surface area contributed by atoms with Crippen LogP contribution in [0.15, 0.2) is 30.6 Å². The van der Waals surface area contributed by atoms with Gasteiger partial charge in [0.25, 0.3) is 0 Å². The van der Waals surface area contributed by atoms with Gasteiger partial charge in [0, 0.05) is 25.7 Å². The van der Waals surface area contributed by atoms with Crippen molar-refractivity contribution < 1.29 is 24.2 Å². The average molecular weight is 511 g/mol. The molecule has 198 valence electrons. The summed E-state index contributed by atoms with van der Waals surface area (Å²) in [7, 11) is 3.09. The molecule has 0 bridgehead atoms. The Morgan fingerprint density at radius 1 is 1.30 bits per heavy atom. The Balaban J connectivity index is 1.74. The van der Waals surface area contributed by atoms with Gasteiger partial charge in [-0.2, -0.15) is 9.61 Å². The van der Waals surface area contributed by atoms with Crippen LogP contribution in [0.5, 0.6) is 5.88 Å². The van der Waals surface area contributed by atoms with Gasteiger partial charge in [-0.05, 0) is 58.1 Å². The monoisotopic (exact) mass is 510 g/mol. The smallest absolute Gasteiger partial charge is 0.415 e. The molecule has 0 aromatic carbocycles. The van der Waals surface area contributed by atoms with Crippen molar-refractivity contribution in [1.82, 2.24) is 19.6 Å². The molecule has 11 heteroatoms. The lowest BCUT2D eigenvalue weighted by Crippen LogP contribution is -2.35. The van der Waals surface area contributed by atoms with Gasteiger partial charge in [0.15, 0.2) is 11.4 Å². The van der Waals surface area contributed by atoms with Crippen molar-refractivity contribution in [3.05, 3.63) is 36.2 Å². The standard InChI is InChI=1S/C26H34N6O5/c1-26(2,3)37-25(35)31(4)22-14-21(29-19-10-7-11-27-24(19)36-5)30-23-18(15-28-32(22)23)20(34)13-16-8-6-9-17(33)12-16/h7,10-11,14-17,33H,6,8-9,12-13H2,1-5H3,(H,29,30)/t16-,17-/m0/s1. The number of carbonyl (C=O) groups is 2. The summed E-state index contributed by atoms with van der Waals surface area (Å²) in [5.41, 5.74) is 0.522. The van der Waals surface area contributed by atoms with Crippen molar-refractivity contribution in [3.8, 4) is 5.88 Å². The van der Waals surface area contributed by atoms with Crippen LogP contribution in [-0.2, 0) is 4.74 Å². The Labute approximate surface area is 215 Å². The molecule has 2 atom stereocenters. The Hall–Kier alpha value is -3.73. The quantitative estimate of drug-likeness (QED) is 0.445. The molecule has 0 radical (unpaired) electrons. The van der Waals surface area contributed by atoms with E-state index in [1.807, 2.05) is 0 Å². The van der Waals surface area contributed by atoms with Crippen molar-refractivity contribution in [2.75, 3.05) is 24.4 Å². The van der Waals surface area contributed by atoms with Gasteiger partial charge in [-0.15, -0.1) is 0 Å². The number of hydrogen-bond donors (Lipinski definition) is 2. The molecule has 0 spiro atoms. The van der Waals surface area contributed by atoms with Gasteiger partial charge in [0.2, 0.25) is 5.88 Å². The number of rotatable bonds is 7. The number of ether oxygens (including phenoxy) is 2. The van der Waals surface area contributed by atoms with Gasteiger partial charge >= 0.3 is 6.09 Å². The van der Waals surface area contributed by atoms with E-state index in [-0.39, 0.29) is 17.8 Å². The van der Waals surface area contributed by atoms with E-state index in [1.165, 1.54) is 22.7 Å². The topological polar surface area (TPSA) is 131 Å². The number of aromatic nitrogens is 4. The molecule has 1 saturated carbocycles. The summed E-state index contributed by atoms with van der Waals surface area (Å²) in [4.78, 5) is 36.4. The molecule has 0 aliphatic heterocycles. The molecule has 0 saturated heterocycles. The Morgan fingerprint density at radius 3 is 2.78 bits per heavy atom. The largest absolute Gasteiger partial charge is 0.480 e. The highest BCUT2D eigenvalue weighted by atomic mass is 16.6. The SMILES string of the molecule is COc1ncccc1Nc1cc(N(C)C(=O)OC(C)(C)C)n2ncc(C(=O)C[C@H]3CCC[C@H](O)C3)c2n1. The Morgan fingerprint density at radius 2 is 2.08 bits per heavy atom. The van der Waals surface area contributed by atoms with Gasteiger partial charge < -0.3 is 19.9 Å². The molecule has 3 aromatic heterocycles. The molecule has 11 nitrogen and oxygen atoms in total. The maximum atomic E-state index is 13.3. The summed E-state index contributed by atoms with van der Waals surface area (Å²) < 4.78 is 12.3. The molecule has 1 fully saturated rings. The molecule has 4 rings (SSSR count). The highest BCUT2D eigenvalue weighted by molar-refractivity contribution is 6.02. The molecule has 3 aromatic rings. The predicted octanol–water partition coefficient (Wildman–Crippen LogP) is 4.37. The lowest BCUT2D eigenvalue weighted by molar-refractivity contribution is 0.0587. The lowest BCUT2D eigenvalue weighted by atomic mass is 9.83. The minimum atomic E-state index is -0.697. The maximum absolute atomic E-state index is 13.3. The first-order valence-corrected chi connectivity index (χ1v) is 12.4. The minimum Gasteiger partial charge on any atom is -0.480 e. The van der Waals surface area contributed by atoms with Crippen LogP contribution in [0.25, 0.3) is 5.65 Å². The van der Waals surface area contributed by atoms with Gasteiger partial charge in [-0.25, -0.2) is 14.8 Å². The van der Waals surface area contributed by atoms with Crippen molar-refractivity contribution in [2.45, 2.75) is 64.6 Å². The van der Waals surface area contributed by atoms with Crippen LogP contribution in [0.3, 0.4) is 0 Å². The predicted molar refractivity (Wildman–Crippen MR) is 139 cm³/mol. The van der Waals surface area contributed by atoms with E-state index in [1.54, 1.807) is 52.2 Å². The van der Waals surface area contributed by atoms with Crippen LogP contribution < -0.4 is 15.0 Å². The second-order valence-electron chi connectivity index (χ2n) is 10.3. The van der Waals surface area contributed by atoms with Crippen molar-refractivity contribution in [1.29, 1.82) is 0 Å². The first-order chi connectivity index (χ1) is 17.6. The van der Waals surface area contributed by atoms with Crippen molar-refractivity contribution >= 4 is 34.8 Å². The number of methoxy groups -OCH3 is 1. The molecular weight excluding hydrogens is 476 g/mol. The molecule has 2 N–H and O–H groups in total. The third kappa shape index (κ3) is 6.16. The summed E-state index contributed by atoms with van der Waals surface area (Å²) in [6, 6.07) is 5.18. The van der Waals surface area contributed by atoms with Crippen LogP contribution in [0, 0.1) is 5.92 Å². The number of nitrogens with zero attached hydrogens (tertiary/aromatic N) is 5. The number of carbonyl (C=O) groups excluding carboxylic acids is 2. The molecular formula is C26H34N6O5. The second-order valence-corrected chi connectivity index (χ2v) is 10.3. The van der Waals surface area contributed by atoms with E-state index in [2.05, 4.69) is 20.4 Å². The summed E-state index contributed by atoms with van der Waals surface area (Å²) >= 11 is 0. The van der Waals surface area contributed by atoms with Gasteiger partial charge in [-0.3, -0.25) is 9.69 Å². The van der Waals surface area contributed by atoms with Crippen molar-refractivity contribution in [3.63, 3.8) is 0 Å². The summed E-state index contributed by atoms with van der Waals surface area (Å²) in [5.74, 6) is 1.09. The summed E-state index contributed by atoms with van der Waals surface area (Å²) in [5, 5.41) is 17.6. The van der Waals surface area contributed by atoms with Gasteiger partial charge in [0.1, 0.15) is 22.9 Å². The highest BCUT2D eigenvalue weighted by Gasteiger charge is 2.27. The lowest BCUT2D eigenvalue weighted by Gasteiger charge is -2.25. The van der Waals surface area contributed by atoms with Gasteiger partial charge in [0.05, 0.1) is 25.0 Å². The van der Waals surface area contributed by atoms with Crippen LogP contribution in [-0.4, -0.2) is 62.4 Å². The van der Waals surface area contributed by atoms with E-state index in [0.717, 1.165) is 19.3 Å². The zero-order chi connectivity index (χ0) is 26.7. The average Bonchev–Trinajstić information content (AvgIpc) is 3.26. The fourth-order valence-electron chi connectivity index (χ4n) is 4.48.